The van der Waals surface area contributed by atoms with Gasteiger partial charge in [-0.3, -0.25) is 0 Å². The van der Waals surface area contributed by atoms with Gasteiger partial charge in [0.05, 0.1) is 22.3 Å². The van der Waals surface area contributed by atoms with Gasteiger partial charge in [0.25, 0.3) is 0 Å². The van der Waals surface area contributed by atoms with Gasteiger partial charge < -0.3 is 20.1 Å². The third-order valence-electron chi connectivity index (χ3n) is 2.33. The fourth-order valence-electron chi connectivity index (χ4n) is 1.48. The Kier molecular flexibility index (Phi) is 7.69. The van der Waals surface area contributed by atoms with Crippen LogP contribution in [-0.2, 0) is 9.47 Å². The van der Waals surface area contributed by atoms with E-state index < -0.39 is 12.3 Å². The fraction of sp³-hybridized carbons (Fsp3) is 0.462. The maximum Gasteiger partial charge on any atom is 0.319 e. The van der Waals surface area contributed by atoms with E-state index in [2.05, 4.69) is 10.6 Å². The Labute approximate surface area is 128 Å². The van der Waals surface area contributed by atoms with Crippen LogP contribution in [0.25, 0.3) is 0 Å². The van der Waals surface area contributed by atoms with E-state index >= 15 is 0 Å². The molecule has 1 aromatic carbocycles. The van der Waals surface area contributed by atoms with E-state index in [1.165, 1.54) is 0 Å². The molecule has 0 atom stereocenters. The smallest absolute Gasteiger partial charge is 0.319 e. The first kappa shape index (κ1) is 17.0. The van der Waals surface area contributed by atoms with Crippen molar-refractivity contribution in [2.75, 3.05) is 25.1 Å². The topological polar surface area (TPSA) is 59.6 Å². The van der Waals surface area contributed by atoms with Gasteiger partial charge in [-0.2, -0.15) is 0 Å². The maximum atomic E-state index is 11.8. The lowest BCUT2D eigenvalue weighted by Crippen LogP contribution is -2.37. The minimum Gasteiger partial charge on any atom is -0.351 e. The third-order valence-corrected chi connectivity index (χ3v) is 3.15. The van der Waals surface area contributed by atoms with Crippen LogP contribution in [0.15, 0.2) is 18.2 Å². The Morgan fingerprint density at radius 2 is 1.90 bits per heavy atom. The predicted octanol–water partition coefficient (Wildman–Crippen LogP) is 3.51. The van der Waals surface area contributed by atoms with Crippen LogP contribution in [0.4, 0.5) is 10.5 Å². The van der Waals surface area contributed by atoms with Gasteiger partial charge in [-0.25, -0.2) is 4.79 Å². The summed E-state index contributed by atoms with van der Waals surface area (Å²) < 4.78 is 10.6. The molecule has 0 radical (unpaired) electrons. The van der Waals surface area contributed by atoms with Crippen molar-refractivity contribution in [3.8, 4) is 0 Å². The van der Waals surface area contributed by atoms with Crippen molar-refractivity contribution in [2.24, 2.45) is 0 Å². The summed E-state index contributed by atoms with van der Waals surface area (Å²) in [6.45, 7) is 4.98. The number of hydrogen-bond acceptors (Lipinski definition) is 3. The number of benzene rings is 1. The number of anilines is 1. The summed E-state index contributed by atoms with van der Waals surface area (Å²) in [7, 11) is 0. The number of rotatable bonds is 7. The molecule has 0 fully saturated rings. The Morgan fingerprint density at radius 1 is 1.25 bits per heavy atom. The Bertz CT molecular complexity index is 438. The zero-order chi connectivity index (χ0) is 15.0. The van der Waals surface area contributed by atoms with Crippen LogP contribution in [0.1, 0.15) is 13.8 Å². The van der Waals surface area contributed by atoms with Gasteiger partial charge in [0.2, 0.25) is 0 Å². The van der Waals surface area contributed by atoms with Gasteiger partial charge in [0.15, 0.2) is 6.29 Å². The Balaban J connectivity index is 2.48. The number of carbonyl (C=O) groups is 1. The molecule has 0 saturated carbocycles. The molecule has 2 amide bonds. The lowest BCUT2D eigenvalue weighted by Gasteiger charge is -2.17. The summed E-state index contributed by atoms with van der Waals surface area (Å²) in [4.78, 5) is 11.8. The SMILES string of the molecule is CCOC(CNC(=O)Nc1cccc(Cl)c1Cl)OCC. The summed E-state index contributed by atoms with van der Waals surface area (Å²) in [5.74, 6) is 0. The molecule has 20 heavy (non-hydrogen) atoms. The maximum absolute atomic E-state index is 11.8. The molecule has 0 saturated heterocycles. The molecule has 5 nitrogen and oxygen atoms in total. The van der Waals surface area contributed by atoms with Gasteiger partial charge in [-0.15, -0.1) is 0 Å². The molecule has 1 aromatic rings. The molecule has 0 unspecified atom stereocenters. The summed E-state index contributed by atoms with van der Waals surface area (Å²) in [5, 5.41) is 5.94. The number of carbonyl (C=O) groups excluding carboxylic acids is 1. The normalized spacial score (nSPS) is 10.7. The van der Waals surface area contributed by atoms with Crippen molar-refractivity contribution in [1.29, 1.82) is 0 Å². The summed E-state index contributed by atoms with van der Waals surface area (Å²) >= 11 is 11.8. The van der Waals surface area contributed by atoms with E-state index in [1.54, 1.807) is 18.2 Å². The van der Waals surface area contributed by atoms with Crippen LogP contribution in [0.2, 0.25) is 10.0 Å². The molecule has 0 aliphatic carbocycles. The Morgan fingerprint density at radius 3 is 2.50 bits per heavy atom. The largest absolute Gasteiger partial charge is 0.351 e. The third kappa shape index (κ3) is 5.54. The number of urea groups is 1. The molecule has 1 rings (SSSR count). The molecule has 0 aliphatic heterocycles. The van der Waals surface area contributed by atoms with E-state index in [-0.39, 0.29) is 6.54 Å². The van der Waals surface area contributed by atoms with Gasteiger partial charge in [0.1, 0.15) is 0 Å². The highest BCUT2D eigenvalue weighted by Gasteiger charge is 2.11. The number of amides is 2. The summed E-state index contributed by atoms with van der Waals surface area (Å²) in [6, 6.07) is 4.61. The van der Waals surface area contributed by atoms with Crippen LogP contribution in [0.3, 0.4) is 0 Å². The number of ether oxygens (including phenoxy) is 2. The fourth-order valence-corrected chi connectivity index (χ4v) is 1.83. The molecule has 7 heteroatoms. The van der Waals surface area contributed by atoms with Gasteiger partial charge in [0, 0.05) is 13.2 Å². The second-order valence-corrected chi connectivity index (χ2v) is 4.56. The van der Waals surface area contributed by atoms with Crippen LogP contribution >= 0.6 is 23.2 Å². The van der Waals surface area contributed by atoms with E-state index in [0.29, 0.717) is 28.9 Å². The van der Waals surface area contributed by atoms with E-state index in [4.69, 9.17) is 32.7 Å². The van der Waals surface area contributed by atoms with Crippen LogP contribution in [0.5, 0.6) is 0 Å². The predicted molar refractivity (Wildman–Crippen MR) is 80.5 cm³/mol. The molecular weight excluding hydrogens is 303 g/mol. The standard InChI is InChI=1S/C13H18Cl2N2O3/c1-3-19-11(20-4-2)8-16-13(18)17-10-7-5-6-9(14)12(10)15/h5-7,11H,3-4,8H2,1-2H3,(H2,16,17,18). The van der Waals surface area contributed by atoms with E-state index in [0.717, 1.165) is 0 Å². The van der Waals surface area contributed by atoms with Gasteiger partial charge >= 0.3 is 6.03 Å². The highest BCUT2D eigenvalue weighted by atomic mass is 35.5. The van der Waals surface area contributed by atoms with Crippen molar-refractivity contribution in [2.45, 2.75) is 20.1 Å². The molecule has 0 heterocycles. The Hall–Kier alpha value is -1.01. The van der Waals surface area contributed by atoms with Gasteiger partial charge in [-0.05, 0) is 26.0 Å². The van der Waals surface area contributed by atoms with E-state index in [1.807, 2.05) is 13.8 Å². The first-order valence-corrected chi connectivity index (χ1v) is 7.06. The van der Waals surface area contributed by atoms with Crippen LogP contribution in [-0.4, -0.2) is 32.1 Å². The molecule has 2 N–H and O–H groups in total. The van der Waals surface area contributed by atoms with Crippen molar-refractivity contribution in [1.82, 2.24) is 5.32 Å². The lowest BCUT2D eigenvalue weighted by molar-refractivity contribution is -0.131. The molecular formula is C13H18Cl2N2O3. The van der Waals surface area contributed by atoms with Gasteiger partial charge in [-0.1, -0.05) is 29.3 Å². The minimum atomic E-state index is -0.467. The number of nitrogens with one attached hydrogen (secondary N) is 2. The summed E-state index contributed by atoms with van der Waals surface area (Å²) in [5.41, 5.74) is 0.445. The molecule has 112 valence electrons. The zero-order valence-electron chi connectivity index (χ0n) is 11.4. The van der Waals surface area contributed by atoms with Crippen molar-refractivity contribution in [3.63, 3.8) is 0 Å². The molecule has 0 aromatic heterocycles. The average molecular weight is 321 g/mol. The highest BCUT2D eigenvalue weighted by Crippen LogP contribution is 2.29. The molecule has 0 aliphatic rings. The number of hydrogen-bond donors (Lipinski definition) is 2. The van der Waals surface area contributed by atoms with Crippen molar-refractivity contribution < 1.29 is 14.3 Å². The lowest BCUT2D eigenvalue weighted by atomic mass is 10.3. The second kappa shape index (κ2) is 9.02. The monoisotopic (exact) mass is 320 g/mol. The minimum absolute atomic E-state index is 0.242. The zero-order valence-corrected chi connectivity index (χ0v) is 12.9. The van der Waals surface area contributed by atoms with Crippen LogP contribution < -0.4 is 10.6 Å². The first-order chi connectivity index (χ1) is 9.58. The van der Waals surface area contributed by atoms with Crippen LogP contribution in [0, 0.1) is 0 Å². The van der Waals surface area contributed by atoms with E-state index in [9.17, 15) is 4.79 Å². The second-order valence-electron chi connectivity index (χ2n) is 3.78. The van der Waals surface area contributed by atoms with Crippen molar-refractivity contribution in [3.05, 3.63) is 28.2 Å². The molecule has 0 bridgehead atoms. The average Bonchev–Trinajstić information content (AvgIpc) is 2.42. The molecule has 0 spiro atoms. The summed E-state index contributed by atoms with van der Waals surface area (Å²) in [6.07, 6.45) is -0.467. The quantitative estimate of drug-likeness (QED) is 0.756. The number of halogens is 2. The first-order valence-electron chi connectivity index (χ1n) is 6.30. The van der Waals surface area contributed by atoms with Crippen molar-refractivity contribution >= 4 is 34.9 Å². The highest BCUT2D eigenvalue weighted by molar-refractivity contribution is 6.43.